The first-order valence-electron chi connectivity index (χ1n) is 4.91. The lowest BCUT2D eigenvalue weighted by molar-refractivity contribution is -0.139. The Hall–Kier alpha value is -1.30. The summed E-state index contributed by atoms with van der Waals surface area (Å²) < 4.78 is 0. The number of urea groups is 1. The predicted octanol–water partition coefficient (Wildman–Crippen LogP) is -0.517. The predicted molar refractivity (Wildman–Crippen MR) is 52.4 cm³/mol. The second-order valence-electron chi connectivity index (χ2n) is 3.75. The normalized spacial score (nSPS) is 16.9. The lowest BCUT2D eigenvalue weighted by Crippen LogP contribution is -2.48. The molecule has 3 N–H and O–H groups in total. The van der Waals surface area contributed by atoms with E-state index in [0.717, 1.165) is 12.8 Å². The van der Waals surface area contributed by atoms with Gasteiger partial charge in [-0.3, -0.25) is 0 Å². The summed E-state index contributed by atoms with van der Waals surface area (Å²) in [4.78, 5) is 23.5. The Balaban J connectivity index is 2.43. The van der Waals surface area contributed by atoms with Crippen molar-refractivity contribution in [2.75, 3.05) is 20.2 Å². The maximum atomic E-state index is 11.4. The fraction of sp³-hybridized carbons (Fsp3) is 0.778. The summed E-state index contributed by atoms with van der Waals surface area (Å²) >= 11 is 0. The third-order valence-corrected chi connectivity index (χ3v) is 2.42. The smallest absolute Gasteiger partial charge is 0.326 e. The molecule has 1 saturated carbocycles. The van der Waals surface area contributed by atoms with Gasteiger partial charge in [-0.2, -0.15) is 0 Å². The Morgan fingerprint density at radius 3 is 2.53 bits per heavy atom. The number of aliphatic hydroxyl groups excluding tert-OH is 1. The van der Waals surface area contributed by atoms with Gasteiger partial charge in [-0.05, 0) is 18.8 Å². The molecule has 0 aromatic carbocycles. The molecule has 86 valence electrons. The summed E-state index contributed by atoms with van der Waals surface area (Å²) in [5, 5.41) is 19.9. The molecule has 0 heterocycles. The summed E-state index contributed by atoms with van der Waals surface area (Å²) in [6.45, 7) is 0.0634. The zero-order valence-electron chi connectivity index (χ0n) is 8.64. The Bertz CT molecular complexity index is 252. The summed E-state index contributed by atoms with van der Waals surface area (Å²) in [5.74, 6) is -0.933. The Morgan fingerprint density at radius 2 is 2.13 bits per heavy atom. The number of carbonyl (C=O) groups excluding carboxylic acids is 1. The van der Waals surface area contributed by atoms with E-state index >= 15 is 0 Å². The van der Waals surface area contributed by atoms with Crippen LogP contribution in [0, 0.1) is 5.92 Å². The molecule has 1 atom stereocenters. The van der Waals surface area contributed by atoms with Crippen LogP contribution in [0.15, 0.2) is 0 Å². The molecule has 0 aromatic rings. The van der Waals surface area contributed by atoms with Crippen molar-refractivity contribution in [3.8, 4) is 0 Å². The van der Waals surface area contributed by atoms with Gasteiger partial charge in [0.2, 0.25) is 0 Å². The standard InChI is InChI=1S/C9H16N2O4/c1-11(4-5-12)9(15)10-7(8(13)14)6-2-3-6/h6-7,12H,2-5H2,1H3,(H,10,15)(H,13,14). The first kappa shape index (κ1) is 11.8. The number of aliphatic carboxylic acids is 1. The van der Waals surface area contributed by atoms with Crippen molar-refractivity contribution in [3.05, 3.63) is 0 Å². The molecule has 0 radical (unpaired) electrons. The molecule has 1 aliphatic carbocycles. The number of likely N-dealkylation sites (N-methyl/N-ethyl adjacent to an activating group) is 1. The largest absolute Gasteiger partial charge is 0.480 e. The minimum absolute atomic E-state index is 0.0639. The molecule has 6 heteroatoms. The minimum atomic E-state index is -0.997. The van der Waals surface area contributed by atoms with Crippen molar-refractivity contribution in [2.45, 2.75) is 18.9 Å². The van der Waals surface area contributed by atoms with Gasteiger partial charge in [-0.25, -0.2) is 9.59 Å². The van der Waals surface area contributed by atoms with Crippen molar-refractivity contribution in [1.29, 1.82) is 0 Å². The third kappa shape index (κ3) is 3.39. The van der Waals surface area contributed by atoms with Gasteiger partial charge in [0.05, 0.1) is 6.61 Å². The van der Waals surface area contributed by atoms with Crippen molar-refractivity contribution < 1.29 is 19.8 Å². The molecule has 6 nitrogen and oxygen atoms in total. The molecule has 1 rings (SSSR count). The van der Waals surface area contributed by atoms with Crippen LogP contribution >= 0.6 is 0 Å². The average Bonchev–Trinajstić information content (AvgIpc) is 2.97. The number of hydrogen-bond acceptors (Lipinski definition) is 3. The topological polar surface area (TPSA) is 89.9 Å². The van der Waals surface area contributed by atoms with Crippen molar-refractivity contribution in [2.24, 2.45) is 5.92 Å². The molecular formula is C9H16N2O4. The number of nitrogens with zero attached hydrogens (tertiary/aromatic N) is 1. The lowest BCUT2D eigenvalue weighted by Gasteiger charge is -2.20. The molecule has 0 aromatic heterocycles. The highest BCUT2D eigenvalue weighted by Gasteiger charge is 2.37. The van der Waals surface area contributed by atoms with Crippen LogP contribution in [0.3, 0.4) is 0 Å². The number of aliphatic hydroxyl groups is 1. The molecule has 1 unspecified atom stereocenters. The third-order valence-electron chi connectivity index (χ3n) is 2.42. The summed E-state index contributed by atoms with van der Waals surface area (Å²) in [7, 11) is 1.51. The molecule has 1 aliphatic rings. The van der Waals surface area contributed by atoms with Crippen LogP contribution in [-0.4, -0.2) is 53.4 Å². The second kappa shape index (κ2) is 4.97. The number of carboxylic acid groups (broad SMARTS) is 1. The van der Waals surface area contributed by atoms with Gasteiger partial charge >= 0.3 is 12.0 Å². The Morgan fingerprint density at radius 1 is 1.53 bits per heavy atom. The number of carboxylic acids is 1. The highest BCUT2D eigenvalue weighted by molar-refractivity contribution is 5.83. The number of rotatable bonds is 5. The van der Waals surface area contributed by atoms with E-state index in [4.69, 9.17) is 10.2 Å². The van der Waals surface area contributed by atoms with E-state index in [2.05, 4.69) is 5.32 Å². The van der Waals surface area contributed by atoms with Crippen LogP contribution < -0.4 is 5.32 Å². The van der Waals surface area contributed by atoms with E-state index in [1.54, 1.807) is 0 Å². The lowest BCUT2D eigenvalue weighted by atomic mass is 10.2. The monoisotopic (exact) mass is 216 g/mol. The Kier molecular flexibility index (Phi) is 3.90. The van der Waals surface area contributed by atoms with Crippen LogP contribution in [0.25, 0.3) is 0 Å². The van der Waals surface area contributed by atoms with Gasteiger partial charge in [-0.15, -0.1) is 0 Å². The first-order valence-corrected chi connectivity index (χ1v) is 4.91. The van der Waals surface area contributed by atoms with Gasteiger partial charge in [0, 0.05) is 13.6 Å². The van der Waals surface area contributed by atoms with E-state index in [1.165, 1.54) is 11.9 Å². The molecule has 2 amide bonds. The highest BCUT2D eigenvalue weighted by atomic mass is 16.4. The summed E-state index contributed by atoms with van der Waals surface area (Å²) in [5.41, 5.74) is 0. The van der Waals surface area contributed by atoms with Gasteiger partial charge in [0.25, 0.3) is 0 Å². The molecule has 0 bridgehead atoms. The zero-order chi connectivity index (χ0) is 11.4. The maximum Gasteiger partial charge on any atom is 0.326 e. The minimum Gasteiger partial charge on any atom is -0.480 e. The van der Waals surface area contributed by atoms with Crippen molar-refractivity contribution in [3.63, 3.8) is 0 Å². The van der Waals surface area contributed by atoms with E-state index < -0.39 is 18.0 Å². The molecule has 0 aliphatic heterocycles. The molecule has 0 saturated heterocycles. The van der Waals surface area contributed by atoms with Crippen molar-refractivity contribution >= 4 is 12.0 Å². The SMILES string of the molecule is CN(CCO)C(=O)NC(C(=O)O)C1CC1. The average molecular weight is 216 g/mol. The van der Waals surface area contributed by atoms with E-state index in [-0.39, 0.29) is 19.1 Å². The van der Waals surface area contributed by atoms with Gasteiger partial charge < -0.3 is 20.4 Å². The summed E-state index contributed by atoms with van der Waals surface area (Å²) in [6.07, 6.45) is 1.70. The van der Waals surface area contributed by atoms with Gasteiger partial charge in [0.15, 0.2) is 0 Å². The molecule has 0 spiro atoms. The van der Waals surface area contributed by atoms with E-state index in [1.807, 2.05) is 0 Å². The van der Waals surface area contributed by atoms with E-state index in [0.29, 0.717) is 0 Å². The van der Waals surface area contributed by atoms with E-state index in [9.17, 15) is 9.59 Å². The summed E-state index contributed by atoms with van der Waals surface area (Å²) in [6, 6.07) is -1.25. The first-order chi connectivity index (χ1) is 7.06. The van der Waals surface area contributed by atoms with Crippen molar-refractivity contribution in [1.82, 2.24) is 10.2 Å². The number of carbonyl (C=O) groups is 2. The fourth-order valence-corrected chi connectivity index (χ4v) is 1.31. The second-order valence-corrected chi connectivity index (χ2v) is 3.75. The van der Waals surface area contributed by atoms with Gasteiger partial charge in [-0.1, -0.05) is 0 Å². The molecule has 1 fully saturated rings. The van der Waals surface area contributed by atoms with Crippen LogP contribution in [-0.2, 0) is 4.79 Å². The van der Waals surface area contributed by atoms with Crippen LogP contribution in [0.1, 0.15) is 12.8 Å². The number of amides is 2. The van der Waals surface area contributed by atoms with Crippen LogP contribution in [0.4, 0.5) is 4.79 Å². The maximum absolute atomic E-state index is 11.4. The van der Waals surface area contributed by atoms with Gasteiger partial charge in [0.1, 0.15) is 6.04 Å². The highest BCUT2D eigenvalue weighted by Crippen LogP contribution is 2.32. The molecule has 15 heavy (non-hydrogen) atoms. The quantitative estimate of drug-likeness (QED) is 0.577. The zero-order valence-corrected chi connectivity index (χ0v) is 8.64. The van der Waals surface area contributed by atoms with Crippen LogP contribution in [0.2, 0.25) is 0 Å². The fourth-order valence-electron chi connectivity index (χ4n) is 1.31. The molecular weight excluding hydrogens is 200 g/mol. The Labute approximate surface area is 87.9 Å². The number of hydrogen-bond donors (Lipinski definition) is 3. The van der Waals surface area contributed by atoms with Crippen LogP contribution in [0.5, 0.6) is 0 Å². The number of nitrogens with one attached hydrogen (secondary N) is 1.